The highest BCUT2D eigenvalue weighted by atomic mass is 32.1. The van der Waals surface area contributed by atoms with E-state index in [1.54, 1.807) is 0 Å². The van der Waals surface area contributed by atoms with Crippen LogP contribution in [0.15, 0.2) is 0 Å². The predicted octanol–water partition coefficient (Wildman–Crippen LogP) is 3.21. The van der Waals surface area contributed by atoms with Crippen LogP contribution in [0.2, 0.25) is 0 Å². The third-order valence-electron chi connectivity index (χ3n) is 3.80. The van der Waals surface area contributed by atoms with Crippen LogP contribution in [0.3, 0.4) is 0 Å². The summed E-state index contributed by atoms with van der Waals surface area (Å²) in [5.41, 5.74) is 1.28. The Balaban J connectivity index is 2.04. The molecule has 5 heteroatoms. The summed E-state index contributed by atoms with van der Waals surface area (Å²) >= 11 is 1.85. The van der Waals surface area contributed by atoms with Gasteiger partial charge in [-0.25, -0.2) is 4.98 Å². The summed E-state index contributed by atoms with van der Waals surface area (Å²) in [6.45, 7) is 8.31. The lowest BCUT2D eigenvalue weighted by Crippen LogP contribution is -2.39. The van der Waals surface area contributed by atoms with Gasteiger partial charge in [0, 0.05) is 31.1 Å². The number of aryl methyl sites for hydroxylation is 1. The summed E-state index contributed by atoms with van der Waals surface area (Å²) in [4.78, 5) is 8.72. The van der Waals surface area contributed by atoms with E-state index in [2.05, 4.69) is 24.1 Å². The largest absolute Gasteiger partial charge is 0.376 e. The average Bonchev–Trinajstić information content (AvgIpc) is 2.89. The lowest BCUT2D eigenvalue weighted by Gasteiger charge is -2.32. The summed E-state index contributed by atoms with van der Waals surface area (Å²) in [5, 5.41) is 4.45. The van der Waals surface area contributed by atoms with Gasteiger partial charge < -0.3 is 15.0 Å². The Morgan fingerprint density at radius 1 is 1.38 bits per heavy atom. The minimum Gasteiger partial charge on any atom is -0.376 e. The molecule has 21 heavy (non-hydrogen) atoms. The van der Waals surface area contributed by atoms with Gasteiger partial charge in [-0.1, -0.05) is 20.3 Å². The summed E-state index contributed by atoms with van der Waals surface area (Å²) in [6.07, 6.45) is 6.11. The summed E-state index contributed by atoms with van der Waals surface area (Å²) in [7, 11) is 2.00. The lowest BCUT2D eigenvalue weighted by molar-refractivity contribution is 0.0440. The number of hydrogen-bond acceptors (Lipinski definition) is 5. The Morgan fingerprint density at radius 2 is 2.24 bits per heavy atom. The Morgan fingerprint density at radius 3 is 2.95 bits per heavy atom. The molecule has 1 aromatic heterocycles. The molecular formula is C16H29N3OS. The second kappa shape index (κ2) is 8.71. The van der Waals surface area contributed by atoms with Gasteiger partial charge in [0.25, 0.3) is 0 Å². The van der Waals surface area contributed by atoms with Gasteiger partial charge in [-0.05, 0) is 32.7 Å². The van der Waals surface area contributed by atoms with Crippen LogP contribution in [-0.2, 0) is 17.7 Å². The van der Waals surface area contributed by atoms with Crippen LogP contribution in [-0.4, -0.2) is 37.8 Å². The fraction of sp³-hybridized carbons (Fsp3) is 0.812. The lowest BCUT2D eigenvalue weighted by atomic mass is 10.1. The molecular weight excluding hydrogens is 282 g/mol. The van der Waals surface area contributed by atoms with Crippen molar-refractivity contribution in [3.05, 3.63) is 10.6 Å². The Bertz CT molecular complexity index is 398. The zero-order chi connectivity index (χ0) is 15.1. The molecule has 0 bridgehead atoms. The fourth-order valence-corrected chi connectivity index (χ4v) is 3.92. The third kappa shape index (κ3) is 4.66. The van der Waals surface area contributed by atoms with E-state index in [0.717, 1.165) is 45.5 Å². The number of nitrogens with zero attached hydrogens (tertiary/aromatic N) is 2. The Labute approximate surface area is 132 Å². The maximum atomic E-state index is 5.94. The maximum Gasteiger partial charge on any atom is 0.185 e. The minimum absolute atomic E-state index is 0.380. The van der Waals surface area contributed by atoms with Crippen molar-refractivity contribution in [2.75, 3.05) is 31.6 Å². The number of piperidine rings is 1. The molecule has 0 saturated carbocycles. The van der Waals surface area contributed by atoms with E-state index < -0.39 is 0 Å². The fourth-order valence-electron chi connectivity index (χ4n) is 2.77. The second-order valence-electron chi connectivity index (χ2n) is 5.73. The van der Waals surface area contributed by atoms with E-state index in [4.69, 9.17) is 9.72 Å². The monoisotopic (exact) mass is 311 g/mol. The summed E-state index contributed by atoms with van der Waals surface area (Å²) in [5.74, 6) is 0. The second-order valence-corrected chi connectivity index (χ2v) is 6.79. The molecule has 1 unspecified atom stereocenters. The molecule has 2 heterocycles. The van der Waals surface area contributed by atoms with Crippen molar-refractivity contribution in [1.29, 1.82) is 0 Å². The van der Waals surface area contributed by atoms with E-state index >= 15 is 0 Å². The predicted molar refractivity (Wildman–Crippen MR) is 90.4 cm³/mol. The van der Waals surface area contributed by atoms with Crippen LogP contribution in [0.4, 0.5) is 5.13 Å². The highest BCUT2D eigenvalue weighted by Crippen LogP contribution is 2.30. The number of hydrogen-bond donors (Lipinski definition) is 1. The van der Waals surface area contributed by atoms with Gasteiger partial charge in [-0.2, -0.15) is 0 Å². The first kappa shape index (κ1) is 16.7. The average molecular weight is 311 g/mol. The maximum absolute atomic E-state index is 5.94. The highest BCUT2D eigenvalue weighted by Gasteiger charge is 2.23. The van der Waals surface area contributed by atoms with Crippen molar-refractivity contribution in [3.63, 3.8) is 0 Å². The number of ether oxygens (including phenoxy) is 1. The van der Waals surface area contributed by atoms with E-state index in [-0.39, 0.29) is 0 Å². The number of anilines is 1. The van der Waals surface area contributed by atoms with Crippen molar-refractivity contribution in [2.24, 2.45) is 0 Å². The first-order valence-corrected chi connectivity index (χ1v) is 9.09. The Kier molecular flexibility index (Phi) is 6.93. The van der Waals surface area contributed by atoms with Crippen LogP contribution < -0.4 is 10.2 Å². The summed E-state index contributed by atoms with van der Waals surface area (Å²) < 4.78 is 5.94. The molecule has 1 aromatic rings. The van der Waals surface area contributed by atoms with Gasteiger partial charge in [0.2, 0.25) is 0 Å². The molecule has 2 rings (SSSR count). The zero-order valence-corrected chi connectivity index (χ0v) is 14.5. The zero-order valence-electron chi connectivity index (χ0n) is 13.7. The SMILES string of the molecule is CCCOC1CCCN(c2nc(CCC)c(CNC)s2)C1. The van der Waals surface area contributed by atoms with Gasteiger partial charge in [0.15, 0.2) is 5.13 Å². The van der Waals surface area contributed by atoms with Crippen LogP contribution in [0, 0.1) is 0 Å². The molecule has 1 aliphatic heterocycles. The topological polar surface area (TPSA) is 37.4 Å². The van der Waals surface area contributed by atoms with Gasteiger partial charge in [0.05, 0.1) is 11.8 Å². The molecule has 0 aliphatic carbocycles. The van der Waals surface area contributed by atoms with Gasteiger partial charge >= 0.3 is 0 Å². The normalized spacial score (nSPS) is 19.2. The van der Waals surface area contributed by atoms with Crippen molar-refractivity contribution >= 4 is 16.5 Å². The van der Waals surface area contributed by atoms with Gasteiger partial charge in [0.1, 0.15) is 0 Å². The molecule has 4 nitrogen and oxygen atoms in total. The molecule has 1 N–H and O–H groups in total. The molecule has 0 aromatic carbocycles. The smallest absolute Gasteiger partial charge is 0.185 e. The number of rotatable bonds is 8. The first-order chi connectivity index (χ1) is 10.3. The number of thiazole rings is 1. The number of nitrogens with one attached hydrogen (secondary N) is 1. The van der Waals surface area contributed by atoms with Crippen LogP contribution in [0.25, 0.3) is 0 Å². The summed E-state index contributed by atoms with van der Waals surface area (Å²) in [6, 6.07) is 0. The molecule has 1 aliphatic rings. The van der Waals surface area contributed by atoms with Crippen molar-refractivity contribution in [2.45, 2.75) is 58.6 Å². The Hall–Kier alpha value is -0.650. The molecule has 0 amide bonds. The van der Waals surface area contributed by atoms with Crippen molar-refractivity contribution in [3.8, 4) is 0 Å². The molecule has 1 fully saturated rings. The van der Waals surface area contributed by atoms with Crippen LogP contribution >= 0.6 is 11.3 Å². The van der Waals surface area contributed by atoms with Gasteiger partial charge in [-0.3, -0.25) is 0 Å². The van der Waals surface area contributed by atoms with E-state index in [1.807, 2.05) is 18.4 Å². The minimum atomic E-state index is 0.380. The molecule has 1 atom stereocenters. The molecule has 0 radical (unpaired) electrons. The third-order valence-corrected chi connectivity index (χ3v) is 4.96. The standard InChI is InChI=1S/C16H29N3OS/c1-4-7-14-15(11-17-3)21-16(18-14)19-9-6-8-13(12-19)20-10-5-2/h13,17H,4-12H2,1-3H3. The van der Waals surface area contributed by atoms with Crippen LogP contribution in [0.1, 0.15) is 50.1 Å². The quantitative estimate of drug-likeness (QED) is 0.800. The number of aromatic nitrogens is 1. The van der Waals surface area contributed by atoms with Crippen molar-refractivity contribution < 1.29 is 4.74 Å². The van der Waals surface area contributed by atoms with E-state index in [0.29, 0.717) is 6.10 Å². The molecule has 1 saturated heterocycles. The van der Waals surface area contributed by atoms with Gasteiger partial charge in [-0.15, -0.1) is 11.3 Å². The van der Waals surface area contributed by atoms with Crippen LogP contribution in [0.5, 0.6) is 0 Å². The first-order valence-electron chi connectivity index (χ1n) is 8.28. The molecule has 0 spiro atoms. The molecule has 120 valence electrons. The highest BCUT2D eigenvalue weighted by molar-refractivity contribution is 7.15. The van der Waals surface area contributed by atoms with Crippen molar-refractivity contribution in [1.82, 2.24) is 10.3 Å². The van der Waals surface area contributed by atoms with E-state index in [1.165, 1.54) is 28.5 Å². The van der Waals surface area contributed by atoms with E-state index in [9.17, 15) is 0 Å².